The zero-order valence-electron chi connectivity index (χ0n) is 13.1. The first kappa shape index (κ1) is 15.7. The van der Waals surface area contributed by atoms with Gasteiger partial charge in [0.15, 0.2) is 11.5 Å². The van der Waals surface area contributed by atoms with Crippen LogP contribution in [0, 0.1) is 11.3 Å². The van der Waals surface area contributed by atoms with Gasteiger partial charge in [-0.05, 0) is 24.6 Å². The molecule has 1 heterocycles. The molecule has 1 aliphatic rings. The molecule has 122 valence electrons. The fourth-order valence-corrected chi connectivity index (χ4v) is 2.43. The molecule has 0 aromatic heterocycles. The SMILES string of the molecule is CCCCOc1ccc2c(c1)Oc1cc(C#N)cc(C(=O)O)c1N2. The average molecular weight is 324 g/mol. The molecule has 24 heavy (non-hydrogen) atoms. The summed E-state index contributed by atoms with van der Waals surface area (Å²) in [5.74, 6) is 0.400. The van der Waals surface area contributed by atoms with Crippen LogP contribution in [0.25, 0.3) is 0 Å². The molecule has 2 N–H and O–H groups in total. The van der Waals surface area contributed by atoms with Crippen LogP contribution in [-0.4, -0.2) is 17.7 Å². The van der Waals surface area contributed by atoms with E-state index in [0.717, 1.165) is 12.8 Å². The highest BCUT2D eigenvalue weighted by Crippen LogP contribution is 2.45. The minimum Gasteiger partial charge on any atom is -0.493 e. The Labute approximate surface area is 139 Å². The van der Waals surface area contributed by atoms with Gasteiger partial charge in [-0.15, -0.1) is 0 Å². The number of ether oxygens (including phenoxy) is 2. The molecule has 3 rings (SSSR count). The number of carboxylic acids is 1. The molecule has 0 unspecified atom stereocenters. The van der Waals surface area contributed by atoms with E-state index >= 15 is 0 Å². The van der Waals surface area contributed by atoms with Gasteiger partial charge >= 0.3 is 5.97 Å². The maximum atomic E-state index is 11.4. The van der Waals surface area contributed by atoms with Crippen molar-refractivity contribution in [3.8, 4) is 23.3 Å². The van der Waals surface area contributed by atoms with Crippen LogP contribution in [0.1, 0.15) is 35.7 Å². The lowest BCUT2D eigenvalue weighted by molar-refractivity contribution is 0.0697. The molecule has 1 aliphatic heterocycles. The molecule has 6 nitrogen and oxygen atoms in total. The molecule has 6 heteroatoms. The Balaban J connectivity index is 1.94. The van der Waals surface area contributed by atoms with E-state index < -0.39 is 5.97 Å². The largest absolute Gasteiger partial charge is 0.493 e. The monoisotopic (exact) mass is 324 g/mol. The van der Waals surface area contributed by atoms with Crippen LogP contribution in [0.2, 0.25) is 0 Å². The van der Waals surface area contributed by atoms with Crippen LogP contribution in [0.3, 0.4) is 0 Å². The number of fused-ring (bicyclic) bond motifs is 2. The Bertz CT molecular complexity index is 840. The van der Waals surface area contributed by atoms with Crippen LogP contribution in [0.4, 0.5) is 11.4 Å². The van der Waals surface area contributed by atoms with Crippen molar-refractivity contribution in [1.29, 1.82) is 5.26 Å². The van der Waals surface area contributed by atoms with Crippen molar-refractivity contribution in [2.75, 3.05) is 11.9 Å². The lowest BCUT2D eigenvalue weighted by Gasteiger charge is -2.23. The van der Waals surface area contributed by atoms with Crippen molar-refractivity contribution >= 4 is 17.3 Å². The van der Waals surface area contributed by atoms with E-state index in [4.69, 9.17) is 14.7 Å². The lowest BCUT2D eigenvalue weighted by atomic mass is 10.1. The van der Waals surface area contributed by atoms with Crippen LogP contribution in [0.15, 0.2) is 30.3 Å². The van der Waals surface area contributed by atoms with E-state index in [1.807, 2.05) is 6.07 Å². The number of carboxylic acid groups (broad SMARTS) is 1. The third-order valence-corrected chi connectivity index (χ3v) is 3.66. The molecule has 0 saturated carbocycles. The molecule has 0 radical (unpaired) electrons. The minimum atomic E-state index is -1.12. The van der Waals surface area contributed by atoms with Gasteiger partial charge in [-0.3, -0.25) is 0 Å². The number of rotatable bonds is 5. The van der Waals surface area contributed by atoms with Crippen molar-refractivity contribution < 1.29 is 19.4 Å². The molecule has 0 saturated heterocycles. The zero-order valence-corrected chi connectivity index (χ0v) is 13.1. The van der Waals surface area contributed by atoms with Crippen molar-refractivity contribution in [3.63, 3.8) is 0 Å². The van der Waals surface area contributed by atoms with Gasteiger partial charge in [0.25, 0.3) is 0 Å². The number of nitrogens with zero attached hydrogens (tertiary/aromatic N) is 1. The van der Waals surface area contributed by atoms with Crippen LogP contribution in [-0.2, 0) is 0 Å². The summed E-state index contributed by atoms with van der Waals surface area (Å²) >= 11 is 0. The lowest BCUT2D eigenvalue weighted by Crippen LogP contribution is -2.10. The van der Waals surface area contributed by atoms with Crippen LogP contribution < -0.4 is 14.8 Å². The second kappa shape index (κ2) is 6.50. The predicted molar refractivity (Wildman–Crippen MR) is 88.3 cm³/mol. The first-order chi connectivity index (χ1) is 11.6. The van der Waals surface area contributed by atoms with Gasteiger partial charge in [0.05, 0.1) is 35.2 Å². The summed E-state index contributed by atoms with van der Waals surface area (Å²) < 4.78 is 11.5. The highest BCUT2D eigenvalue weighted by molar-refractivity contribution is 5.99. The van der Waals surface area contributed by atoms with Gasteiger partial charge < -0.3 is 19.9 Å². The molecule has 2 aromatic rings. The summed E-state index contributed by atoms with van der Waals surface area (Å²) in [7, 11) is 0. The first-order valence-corrected chi connectivity index (χ1v) is 7.65. The summed E-state index contributed by atoms with van der Waals surface area (Å²) in [6, 6.07) is 10.1. The number of hydrogen-bond acceptors (Lipinski definition) is 5. The Morgan fingerprint density at radius 1 is 1.33 bits per heavy atom. The number of nitrogens with one attached hydrogen (secondary N) is 1. The number of hydrogen-bond donors (Lipinski definition) is 2. The van der Waals surface area contributed by atoms with E-state index in [2.05, 4.69) is 12.2 Å². The van der Waals surface area contributed by atoms with Gasteiger partial charge in [0.1, 0.15) is 5.75 Å². The number of benzene rings is 2. The maximum Gasteiger partial charge on any atom is 0.338 e. The summed E-state index contributed by atoms with van der Waals surface area (Å²) in [5, 5.41) is 21.5. The van der Waals surface area contributed by atoms with Crippen LogP contribution >= 0.6 is 0 Å². The number of carbonyl (C=O) groups is 1. The fraction of sp³-hybridized carbons (Fsp3) is 0.222. The van der Waals surface area contributed by atoms with Crippen molar-refractivity contribution in [2.45, 2.75) is 19.8 Å². The summed E-state index contributed by atoms with van der Waals surface area (Å²) in [6.45, 7) is 2.72. The molecule has 0 aliphatic carbocycles. The predicted octanol–water partition coefficient (Wildman–Crippen LogP) is 4.28. The fourth-order valence-electron chi connectivity index (χ4n) is 2.43. The van der Waals surface area contributed by atoms with Crippen molar-refractivity contribution in [1.82, 2.24) is 0 Å². The molecular weight excluding hydrogens is 308 g/mol. The third kappa shape index (κ3) is 2.97. The van der Waals surface area contributed by atoms with Crippen LogP contribution in [0.5, 0.6) is 17.2 Å². The molecule has 0 amide bonds. The molecule has 0 fully saturated rings. The number of unbranched alkanes of at least 4 members (excludes halogenated alkanes) is 1. The maximum absolute atomic E-state index is 11.4. The first-order valence-electron chi connectivity index (χ1n) is 7.65. The zero-order chi connectivity index (χ0) is 17.1. The Morgan fingerprint density at radius 2 is 2.17 bits per heavy atom. The van der Waals surface area contributed by atoms with Gasteiger partial charge in [-0.2, -0.15) is 5.26 Å². The molecule has 0 bridgehead atoms. The van der Waals surface area contributed by atoms with Crippen molar-refractivity contribution in [2.24, 2.45) is 0 Å². The molecular formula is C18H16N2O4. The number of anilines is 2. The average Bonchev–Trinajstić information content (AvgIpc) is 2.59. The third-order valence-electron chi connectivity index (χ3n) is 3.66. The van der Waals surface area contributed by atoms with Crippen molar-refractivity contribution in [3.05, 3.63) is 41.5 Å². The van der Waals surface area contributed by atoms with Gasteiger partial charge in [0.2, 0.25) is 0 Å². The summed E-state index contributed by atoms with van der Waals surface area (Å²) in [5.41, 5.74) is 1.22. The van der Waals surface area contributed by atoms with E-state index in [-0.39, 0.29) is 11.1 Å². The highest BCUT2D eigenvalue weighted by atomic mass is 16.5. The topological polar surface area (TPSA) is 91.6 Å². The molecule has 0 spiro atoms. The molecule has 0 atom stereocenters. The molecule has 2 aromatic carbocycles. The standard InChI is InChI=1S/C18H16N2O4/c1-2-3-6-23-12-4-5-14-15(9-12)24-16-8-11(10-19)7-13(18(21)22)17(16)20-14/h4-5,7-9,20H,2-3,6H2,1H3,(H,21,22). The van der Waals surface area contributed by atoms with E-state index in [9.17, 15) is 9.90 Å². The highest BCUT2D eigenvalue weighted by Gasteiger charge is 2.24. The Morgan fingerprint density at radius 3 is 2.88 bits per heavy atom. The second-order valence-electron chi connectivity index (χ2n) is 5.40. The smallest absolute Gasteiger partial charge is 0.338 e. The van der Waals surface area contributed by atoms with Gasteiger partial charge in [-0.25, -0.2) is 4.79 Å². The summed E-state index contributed by atoms with van der Waals surface area (Å²) in [4.78, 5) is 11.4. The quantitative estimate of drug-likeness (QED) is 0.680. The minimum absolute atomic E-state index is 0.00188. The second-order valence-corrected chi connectivity index (χ2v) is 5.40. The Hall–Kier alpha value is -3.20. The Kier molecular flexibility index (Phi) is 4.25. The number of nitriles is 1. The summed E-state index contributed by atoms with van der Waals surface area (Å²) in [6.07, 6.45) is 2.01. The van der Waals surface area contributed by atoms with E-state index in [0.29, 0.717) is 35.2 Å². The number of aromatic carboxylic acids is 1. The van der Waals surface area contributed by atoms with Gasteiger partial charge in [-0.1, -0.05) is 13.3 Å². The van der Waals surface area contributed by atoms with Gasteiger partial charge in [0, 0.05) is 12.1 Å². The normalized spacial score (nSPS) is 11.3. The van der Waals surface area contributed by atoms with E-state index in [1.54, 1.807) is 18.2 Å². The van der Waals surface area contributed by atoms with E-state index in [1.165, 1.54) is 12.1 Å².